The third kappa shape index (κ3) is 3.42. The van der Waals surface area contributed by atoms with Crippen LogP contribution in [0.5, 0.6) is 17.2 Å². The van der Waals surface area contributed by atoms with Crippen molar-refractivity contribution in [1.82, 2.24) is 19.1 Å². The first-order valence-electron chi connectivity index (χ1n) is 11.0. The lowest BCUT2D eigenvalue weighted by Crippen LogP contribution is -2.45. The van der Waals surface area contributed by atoms with Crippen LogP contribution in [0, 0.1) is 0 Å². The van der Waals surface area contributed by atoms with Gasteiger partial charge in [0.05, 0.1) is 30.6 Å². The molecule has 3 heterocycles. The first-order valence-corrected chi connectivity index (χ1v) is 11.0. The van der Waals surface area contributed by atoms with Crippen LogP contribution in [-0.2, 0) is 7.05 Å². The highest BCUT2D eigenvalue weighted by atomic mass is 16.5. The molecule has 0 bridgehead atoms. The minimum atomic E-state index is -0.383. The molecule has 1 aliphatic rings. The quantitative estimate of drug-likeness (QED) is 0.490. The smallest absolute Gasteiger partial charge is 0.331 e. The fraction of sp³-hybridized carbons (Fsp3) is 0.333. The molecule has 176 valence electrons. The van der Waals surface area contributed by atoms with Crippen LogP contribution < -0.4 is 25.6 Å². The van der Waals surface area contributed by atoms with Crippen molar-refractivity contribution in [3.05, 3.63) is 57.5 Å². The van der Waals surface area contributed by atoms with Crippen molar-refractivity contribution in [2.75, 3.05) is 32.2 Å². The number of nitrogens with zero attached hydrogens (tertiary/aromatic N) is 5. The number of piperidine rings is 1. The molecule has 10 heteroatoms. The fourth-order valence-electron chi connectivity index (χ4n) is 4.74. The van der Waals surface area contributed by atoms with Gasteiger partial charge in [-0.2, -0.15) is 0 Å². The largest absolute Gasteiger partial charge is 0.508 e. The van der Waals surface area contributed by atoms with Crippen LogP contribution in [0.3, 0.4) is 0 Å². The molecule has 1 saturated heterocycles. The van der Waals surface area contributed by atoms with E-state index < -0.39 is 0 Å². The van der Waals surface area contributed by atoms with Crippen molar-refractivity contribution in [3.63, 3.8) is 0 Å². The second-order valence-electron chi connectivity index (χ2n) is 8.36. The molecule has 0 radical (unpaired) electrons. The van der Waals surface area contributed by atoms with Gasteiger partial charge in [-0.25, -0.2) is 14.8 Å². The zero-order valence-electron chi connectivity index (χ0n) is 19.2. The topological polar surface area (TPSA) is 112 Å². The van der Waals surface area contributed by atoms with Crippen molar-refractivity contribution in [3.8, 4) is 17.2 Å². The number of fused-ring (bicyclic) bond motifs is 2. The molecule has 0 atom stereocenters. The highest BCUT2D eigenvalue weighted by Crippen LogP contribution is 2.36. The van der Waals surface area contributed by atoms with Gasteiger partial charge in [-0.1, -0.05) is 0 Å². The molecule has 0 unspecified atom stereocenters. The Kier molecular flexibility index (Phi) is 5.35. The van der Waals surface area contributed by atoms with Crippen LogP contribution >= 0.6 is 0 Å². The molecule has 5 rings (SSSR count). The van der Waals surface area contributed by atoms with Crippen LogP contribution in [0.15, 0.2) is 46.2 Å². The normalized spacial score (nSPS) is 14.6. The Morgan fingerprint density at radius 1 is 0.971 bits per heavy atom. The van der Waals surface area contributed by atoms with Gasteiger partial charge in [0.2, 0.25) is 0 Å². The first-order chi connectivity index (χ1) is 16.4. The molecule has 1 fully saturated rings. The number of phenols is 1. The molecule has 1 N–H and O–H groups in total. The molecule has 0 amide bonds. The number of methoxy groups -OCH3 is 2. The lowest BCUT2D eigenvalue weighted by Gasteiger charge is -2.34. The van der Waals surface area contributed by atoms with Gasteiger partial charge in [0.1, 0.15) is 17.9 Å². The predicted octanol–water partition coefficient (Wildman–Crippen LogP) is 2.21. The van der Waals surface area contributed by atoms with E-state index in [0.717, 1.165) is 16.7 Å². The van der Waals surface area contributed by atoms with E-state index in [0.29, 0.717) is 48.3 Å². The summed E-state index contributed by atoms with van der Waals surface area (Å²) in [5.74, 6) is 1.98. The lowest BCUT2D eigenvalue weighted by atomic mass is 10.0. The van der Waals surface area contributed by atoms with Crippen LogP contribution in [-0.4, -0.2) is 51.5 Å². The van der Waals surface area contributed by atoms with Crippen LogP contribution in [0.2, 0.25) is 0 Å². The molecule has 2 aromatic carbocycles. The molecular formula is C24H25N5O5. The minimum absolute atomic E-state index is 0.0132. The summed E-state index contributed by atoms with van der Waals surface area (Å²) in [5, 5.41) is 11.0. The Bertz CT molecular complexity index is 1520. The maximum atomic E-state index is 13.2. The van der Waals surface area contributed by atoms with Gasteiger partial charge < -0.3 is 19.5 Å². The van der Waals surface area contributed by atoms with E-state index in [1.165, 1.54) is 27.6 Å². The number of aromatic nitrogens is 4. The Morgan fingerprint density at radius 3 is 2.38 bits per heavy atom. The predicted molar refractivity (Wildman–Crippen MR) is 128 cm³/mol. The summed E-state index contributed by atoms with van der Waals surface area (Å²) in [7, 11) is 4.78. The van der Waals surface area contributed by atoms with E-state index in [9.17, 15) is 14.7 Å². The van der Waals surface area contributed by atoms with Gasteiger partial charge in [0.15, 0.2) is 11.5 Å². The number of phenolic OH excluding ortho intramolecular Hbond substituents is 1. The summed E-state index contributed by atoms with van der Waals surface area (Å²) in [5.41, 5.74) is 0.444. The lowest BCUT2D eigenvalue weighted by molar-refractivity contribution is 0.355. The monoisotopic (exact) mass is 463 g/mol. The molecule has 10 nitrogen and oxygen atoms in total. The Morgan fingerprint density at radius 2 is 1.68 bits per heavy atom. The number of rotatable bonds is 4. The van der Waals surface area contributed by atoms with Crippen LogP contribution in [0.1, 0.15) is 18.9 Å². The summed E-state index contributed by atoms with van der Waals surface area (Å²) in [6, 6.07) is 7.92. The third-order valence-electron chi connectivity index (χ3n) is 6.53. The van der Waals surface area contributed by atoms with Gasteiger partial charge in [0, 0.05) is 43.7 Å². The minimum Gasteiger partial charge on any atom is -0.508 e. The number of benzene rings is 2. The molecule has 0 saturated carbocycles. The highest BCUT2D eigenvalue weighted by Gasteiger charge is 2.26. The van der Waals surface area contributed by atoms with E-state index in [1.54, 1.807) is 27.3 Å². The third-order valence-corrected chi connectivity index (χ3v) is 6.53. The summed E-state index contributed by atoms with van der Waals surface area (Å²) >= 11 is 0. The Hall–Kier alpha value is -4.08. The van der Waals surface area contributed by atoms with Gasteiger partial charge in [0.25, 0.3) is 5.56 Å². The van der Waals surface area contributed by atoms with Crippen molar-refractivity contribution in [2.45, 2.75) is 18.9 Å². The maximum Gasteiger partial charge on any atom is 0.331 e. The van der Waals surface area contributed by atoms with Crippen molar-refractivity contribution >= 4 is 27.6 Å². The summed E-state index contributed by atoms with van der Waals surface area (Å²) < 4.78 is 13.6. The van der Waals surface area contributed by atoms with Gasteiger partial charge in [-0.3, -0.25) is 13.9 Å². The molecular weight excluding hydrogens is 438 g/mol. The zero-order valence-corrected chi connectivity index (χ0v) is 19.2. The maximum absolute atomic E-state index is 13.2. The van der Waals surface area contributed by atoms with Crippen LogP contribution in [0.25, 0.3) is 21.8 Å². The van der Waals surface area contributed by atoms with E-state index in [-0.39, 0.29) is 23.0 Å². The van der Waals surface area contributed by atoms with Crippen molar-refractivity contribution in [2.24, 2.45) is 7.05 Å². The number of ether oxygens (including phenoxy) is 2. The van der Waals surface area contributed by atoms with E-state index in [2.05, 4.69) is 14.9 Å². The highest BCUT2D eigenvalue weighted by molar-refractivity contribution is 5.92. The number of anilines is 1. The molecule has 0 spiro atoms. The number of hydrogen-bond donors (Lipinski definition) is 1. The van der Waals surface area contributed by atoms with E-state index in [4.69, 9.17) is 9.47 Å². The fourth-order valence-corrected chi connectivity index (χ4v) is 4.74. The second-order valence-corrected chi connectivity index (χ2v) is 8.36. The van der Waals surface area contributed by atoms with Gasteiger partial charge in [-0.15, -0.1) is 0 Å². The average Bonchev–Trinajstić information content (AvgIpc) is 2.86. The van der Waals surface area contributed by atoms with E-state index >= 15 is 0 Å². The SMILES string of the molecule is COc1cc2ncnc(N3CCC(n4c(=O)c5ccc(O)cc5n(C)c4=O)CC3)c2cc1OC. The van der Waals surface area contributed by atoms with Crippen molar-refractivity contribution < 1.29 is 14.6 Å². The number of hydrogen-bond acceptors (Lipinski definition) is 8. The van der Waals surface area contributed by atoms with Crippen LogP contribution in [0.4, 0.5) is 5.82 Å². The first kappa shape index (κ1) is 21.7. The molecule has 0 aliphatic carbocycles. The summed E-state index contributed by atoms with van der Waals surface area (Å²) in [6.07, 6.45) is 2.74. The average molecular weight is 463 g/mol. The molecule has 1 aliphatic heterocycles. The Balaban J connectivity index is 1.48. The number of aryl methyl sites for hydroxylation is 1. The number of aromatic hydroxyl groups is 1. The van der Waals surface area contributed by atoms with Gasteiger partial charge in [-0.05, 0) is 31.0 Å². The molecule has 2 aromatic heterocycles. The van der Waals surface area contributed by atoms with Crippen molar-refractivity contribution in [1.29, 1.82) is 0 Å². The second kappa shape index (κ2) is 8.36. The zero-order chi connectivity index (χ0) is 24.0. The standard InChI is InChI=1S/C24H25N5O5/c1-27-19-10-15(30)4-5-16(19)23(31)29(24(27)32)14-6-8-28(9-7-14)22-17-11-20(33-2)21(34-3)12-18(17)25-13-26-22/h4-5,10-14,30H,6-9H2,1-3H3. The summed E-state index contributed by atoms with van der Waals surface area (Å²) in [4.78, 5) is 37.3. The molecule has 34 heavy (non-hydrogen) atoms. The van der Waals surface area contributed by atoms with Gasteiger partial charge >= 0.3 is 5.69 Å². The summed E-state index contributed by atoms with van der Waals surface area (Å²) in [6.45, 7) is 1.24. The van der Waals surface area contributed by atoms with E-state index in [1.807, 2.05) is 12.1 Å². The Labute approximate surface area is 194 Å². The molecule has 4 aromatic rings.